The Morgan fingerprint density at radius 1 is 0.917 bits per heavy atom. The summed E-state index contributed by atoms with van der Waals surface area (Å²) in [4.78, 5) is 12.7. The Balaban J connectivity index is 1.17. The topological polar surface area (TPSA) is 74.0 Å². The Hall–Kier alpha value is -4.72. The molecule has 2 heterocycles. The van der Waals surface area contributed by atoms with Crippen molar-refractivity contribution in [2.75, 3.05) is 5.32 Å². The van der Waals surface area contributed by atoms with Crippen molar-refractivity contribution >= 4 is 11.7 Å². The predicted octanol–water partition coefficient (Wildman–Crippen LogP) is 5.53. The largest absolute Gasteiger partial charge is 0.471 e. The van der Waals surface area contributed by atoms with E-state index in [2.05, 4.69) is 27.6 Å². The molecule has 5 aromatic rings. The Labute approximate surface area is 207 Å². The van der Waals surface area contributed by atoms with Crippen molar-refractivity contribution in [1.29, 1.82) is 0 Å². The number of amides is 1. The molecule has 1 N–H and O–H groups in total. The number of benzene rings is 3. The molecule has 2 aromatic heterocycles. The quantitative estimate of drug-likeness (QED) is 0.316. The molecular weight excluding hydrogens is 457 g/mol. The summed E-state index contributed by atoms with van der Waals surface area (Å²) < 4.78 is 23.0. The molecule has 7 nitrogen and oxygen atoms in total. The second kappa shape index (κ2) is 10.3. The highest BCUT2D eigenvalue weighted by Crippen LogP contribution is 2.22. The van der Waals surface area contributed by atoms with Crippen molar-refractivity contribution in [2.24, 2.45) is 0 Å². The fraction of sp³-hybridized carbons (Fsp3) is 0.107. The molecule has 3 aromatic carbocycles. The van der Waals surface area contributed by atoms with E-state index in [1.54, 1.807) is 45.9 Å². The van der Waals surface area contributed by atoms with E-state index in [0.717, 1.165) is 16.8 Å². The fourth-order valence-corrected chi connectivity index (χ4v) is 3.77. The molecule has 0 aliphatic heterocycles. The number of carbonyl (C=O) groups is 1. The molecule has 0 atom stereocenters. The maximum atomic E-state index is 14.0. The van der Waals surface area contributed by atoms with Gasteiger partial charge in [0.25, 0.3) is 5.91 Å². The Bertz CT molecular complexity index is 1480. The van der Waals surface area contributed by atoms with Crippen LogP contribution in [0.1, 0.15) is 21.7 Å². The van der Waals surface area contributed by atoms with E-state index >= 15 is 0 Å². The summed E-state index contributed by atoms with van der Waals surface area (Å²) in [6.45, 7) is 2.28. The zero-order chi connectivity index (χ0) is 24.9. The number of halogens is 1. The molecule has 8 heteroatoms. The van der Waals surface area contributed by atoms with Crippen molar-refractivity contribution in [3.63, 3.8) is 0 Å². The maximum Gasteiger partial charge on any atom is 0.277 e. The molecule has 0 saturated carbocycles. The Kier molecular flexibility index (Phi) is 6.57. The standard InChI is InChI=1S/C28H24FN5O2/c1-20-17-27(32-34(20)18-23-9-5-6-10-25(23)29)30-28(35)26-15-16-33(31-26)19-36-24-13-11-22(12-14-24)21-7-3-2-4-8-21/h2-17H,18-19H2,1H3,(H,30,32,35). The minimum atomic E-state index is -0.392. The molecule has 0 aliphatic carbocycles. The number of nitrogens with zero attached hydrogens (tertiary/aromatic N) is 4. The van der Waals surface area contributed by atoms with Gasteiger partial charge in [-0.3, -0.25) is 9.48 Å². The van der Waals surface area contributed by atoms with Gasteiger partial charge in [0.15, 0.2) is 18.2 Å². The number of anilines is 1. The molecule has 1 amide bonds. The molecule has 0 aliphatic rings. The maximum absolute atomic E-state index is 14.0. The predicted molar refractivity (Wildman–Crippen MR) is 135 cm³/mol. The minimum Gasteiger partial charge on any atom is -0.471 e. The van der Waals surface area contributed by atoms with Crippen molar-refractivity contribution < 1.29 is 13.9 Å². The molecular formula is C28H24FN5O2. The first-order valence-electron chi connectivity index (χ1n) is 11.5. The van der Waals surface area contributed by atoms with Gasteiger partial charge in [0.2, 0.25) is 0 Å². The molecule has 0 fully saturated rings. The summed E-state index contributed by atoms with van der Waals surface area (Å²) in [6.07, 6.45) is 1.68. The number of hydrogen-bond donors (Lipinski definition) is 1. The van der Waals surface area contributed by atoms with Gasteiger partial charge in [0, 0.05) is 23.5 Å². The number of carbonyl (C=O) groups excluding carboxylic acids is 1. The third-order valence-electron chi connectivity index (χ3n) is 5.70. The first kappa shape index (κ1) is 23.0. The van der Waals surface area contributed by atoms with Gasteiger partial charge >= 0.3 is 0 Å². The van der Waals surface area contributed by atoms with E-state index in [4.69, 9.17) is 4.74 Å². The van der Waals surface area contributed by atoms with E-state index in [0.29, 0.717) is 17.1 Å². The number of hydrogen-bond acceptors (Lipinski definition) is 4. The number of ether oxygens (including phenoxy) is 1. The lowest BCUT2D eigenvalue weighted by Gasteiger charge is -2.07. The molecule has 0 unspecified atom stereocenters. The van der Waals surface area contributed by atoms with Crippen LogP contribution in [-0.2, 0) is 13.3 Å². The Morgan fingerprint density at radius 3 is 2.42 bits per heavy atom. The smallest absolute Gasteiger partial charge is 0.277 e. The molecule has 180 valence electrons. The SMILES string of the molecule is Cc1cc(NC(=O)c2ccn(COc3ccc(-c4ccccc4)cc3)n2)nn1Cc1ccccc1F. The second-order valence-corrected chi connectivity index (χ2v) is 8.28. The lowest BCUT2D eigenvalue weighted by atomic mass is 10.1. The zero-order valence-corrected chi connectivity index (χ0v) is 19.6. The first-order chi connectivity index (χ1) is 17.5. The van der Waals surface area contributed by atoms with Crippen LogP contribution in [0.15, 0.2) is 97.2 Å². The van der Waals surface area contributed by atoms with Gasteiger partial charge < -0.3 is 10.1 Å². The van der Waals surface area contributed by atoms with Crippen LogP contribution in [0.2, 0.25) is 0 Å². The van der Waals surface area contributed by atoms with Crippen LogP contribution in [0.4, 0.5) is 10.2 Å². The van der Waals surface area contributed by atoms with Crippen molar-refractivity contribution in [3.8, 4) is 16.9 Å². The van der Waals surface area contributed by atoms with E-state index in [1.165, 1.54) is 6.07 Å². The molecule has 5 rings (SSSR count). The van der Waals surface area contributed by atoms with Crippen LogP contribution in [-0.4, -0.2) is 25.5 Å². The van der Waals surface area contributed by atoms with Crippen LogP contribution in [0, 0.1) is 12.7 Å². The van der Waals surface area contributed by atoms with Gasteiger partial charge in [-0.05, 0) is 42.3 Å². The molecule has 0 saturated heterocycles. The van der Waals surface area contributed by atoms with Crippen LogP contribution in [0.25, 0.3) is 11.1 Å². The summed E-state index contributed by atoms with van der Waals surface area (Å²) in [5.41, 5.74) is 3.80. The van der Waals surface area contributed by atoms with E-state index in [9.17, 15) is 9.18 Å². The van der Waals surface area contributed by atoms with Gasteiger partial charge in [-0.25, -0.2) is 9.07 Å². The average Bonchev–Trinajstić information content (AvgIpc) is 3.51. The summed E-state index contributed by atoms with van der Waals surface area (Å²) >= 11 is 0. The van der Waals surface area contributed by atoms with Gasteiger partial charge in [0.05, 0.1) is 6.54 Å². The number of aromatic nitrogens is 4. The highest BCUT2D eigenvalue weighted by molar-refractivity contribution is 6.02. The lowest BCUT2D eigenvalue weighted by molar-refractivity contribution is 0.101. The number of rotatable bonds is 8. The van der Waals surface area contributed by atoms with Crippen LogP contribution in [0.3, 0.4) is 0 Å². The molecule has 0 spiro atoms. The van der Waals surface area contributed by atoms with E-state index in [1.807, 2.05) is 49.4 Å². The average molecular weight is 482 g/mol. The normalized spacial score (nSPS) is 10.8. The van der Waals surface area contributed by atoms with Crippen molar-refractivity contribution in [2.45, 2.75) is 20.2 Å². The fourth-order valence-electron chi connectivity index (χ4n) is 3.77. The third kappa shape index (κ3) is 5.33. The van der Waals surface area contributed by atoms with Crippen LogP contribution < -0.4 is 10.1 Å². The zero-order valence-electron chi connectivity index (χ0n) is 19.6. The van der Waals surface area contributed by atoms with Crippen LogP contribution >= 0.6 is 0 Å². The third-order valence-corrected chi connectivity index (χ3v) is 5.70. The minimum absolute atomic E-state index is 0.161. The van der Waals surface area contributed by atoms with Crippen molar-refractivity contribution in [1.82, 2.24) is 19.6 Å². The first-order valence-corrected chi connectivity index (χ1v) is 11.5. The van der Waals surface area contributed by atoms with Crippen LogP contribution in [0.5, 0.6) is 5.75 Å². The van der Waals surface area contributed by atoms with Crippen molar-refractivity contribution in [3.05, 3.63) is 120 Å². The molecule has 0 radical (unpaired) electrons. The molecule has 36 heavy (non-hydrogen) atoms. The van der Waals surface area contributed by atoms with Gasteiger partial charge in [-0.2, -0.15) is 10.2 Å². The van der Waals surface area contributed by atoms with Gasteiger partial charge in [-0.1, -0.05) is 60.7 Å². The summed E-state index contributed by atoms with van der Waals surface area (Å²) in [5.74, 6) is 0.389. The highest BCUT2D eigenvalue weighted by atomic mass is 19.1. The number of nitrogens with one attached hydrogen (secondary N) is 1. The summed E-state index contributed by atoms with van der Waals surface area (Å²) in [5, 5.41) is 11.4. The number of aryl methyl sites for hydroxylation is 1. The monoisotopic (exact) mass is 481 g/mol. The molecule has 0 bridgehead atoms. The van der Waals surface area contributed by atoms with Gasteiger partial charge in [-0.15, -0.1) is 0 Å². The lowest BCUT2D eigenvalue weighted by Crippen LogP contribution is -2.15. The Morgan fingerprint density at radius 2 is 1.64 bits per heavy atom. The van der Waals surface area contributed by atoms with E-state index < -0.39 is 5.91 Å². The summed E-state index contributed by atoms with van der Waals surface area (Å²) in [7, 11) is 0. The summed E-state index contributed by atoms with van der Waals surface area (Å²) in [6, 6.07) is 27.8. The highest BCUT2D eigenvalue weighted by Gasteiger charge is 2.14. The van der Waals surface area contributed by atoms with Gasteiger partial charge in [0.1, 0.15) is 11.6 Å². The second-order valence-electron chi connectivity index (χ2n) is 8.28. The van der Waals surface area contributed by atoms with E-state index in [-0.39, 0.29) is 24.8 Å².